The minimum atomic E-state index is 0.646. The molecule has 0 unspecified atom stereocenters. The van der Waals surface area contributed by atoms with Gasteiger partial charge in [0.1, 0.15) is 0 Å². The molecule has 0 aliphatic rings. The molecule has 0 radical (unpaired) electrons. The molecule has 3 heterocycles. The first kappa shape index (κ1) is 23.0. The first-order chi connectivity index (χ1) is 20.2. The normalized spacial score (nSPS) is 12.0. The minimum absolute atomic E-state index is 0.646. The first-order valence-electron chi connectivity index (χ1n) is 13.5. The quantitative estimate of drug-likeness (QED) is 0.210. The lowest BCUT2D eigenvalue weighted by molar-refractivity contribution is 1.01. The summed E-state index contributed by atoms with van der Waals surface area (Å²) in [5.41, 5.74) is 5.01. The Morgan fingerprint density at radius 2 is 1.32 bits per heavy atom. The Balaban J connectivity index is 1.37. The van der Waals surface area contributed by atoms with Crippen LogP contribution in [0.4, 0.5) is 0 Å². The molecule has 5 heteroatoms. The largest absolute Gasteiger partial charge is 0.278 e. The van der Waals surface area contributed by atoms with Gasteiger partial charge in [0.05, 0.1) is 22.2 Å². The van der Waals surface area contributed by atoms with Gasteiger partial charge in [0.25, 0.3) is 0 Å². The van der Waals surface area contributed by atoms with Crippen molar-refractivity contribution in [3.05, 3.63) is 126 Å². The molecule has 0 spiro atoms. The zero-order chi connectivity index (χ0) is 27.1. The Bertz CT molecular complexity index is 2510. The van der Waals surface area contributed by atoms with E-state index in [0.717, 1.165) is 44.0 Å². The van der Waals surface area contributed by atoms with Crippen molar-refractivity contribution in [1.29, 1.82) is 0 Å². The molecule has 9 aromatic rings. The van der Waals surface area contributed by atoms with Gasteiger partial charge < -0.3 is 0 Å². The van der Waals surface area contributed by atoms with Gasteiger partial charge >= 0.3 is 0 Å². The average molecular weight is 562 g/mol. The molecule has 0 aliphatic heterocycles. The van der Waals surface area contributed by atoms with Gasteiger partial charge in [-0.15, -0.1) is 11.3 Å². The number of benzene rings is 6. The number of hydrogen-bond donors (Lipinski definition) is 0. The molecule has 0 fully saturated rings. The summed E-state index contributed by atoms with van der Waals surface area (Å²) in [6.45, 7) is 0. The van der Waals surface area contributed by atoms with Gasteiger partial charge in [0.2, 0.25) is 5.95 Å². The van der Waals surface area contributed by atoms with Gasteiger partial charge in [-0.1, -0.05) is 90.5 Å². The maximum absolute atomic E-state index is 6.55. The summed E-state index contributed by atoms with van der Waals surface area (Å²) in [5, 5.41) is 8.94. The van der Waals surface area contributed by atoms with Crippen LogP contribution in [0.25, 0.3) is 80.9 Å². The molecular weight excluding hydrogens is 542 g/mol. The minimum Gasteiger partial charge on any atom is -0.278 e. The topological polar surface area (TPSA) is 30.7 Å². The van der Waals surface area contributed by atoms with Crippen LogP contribution in [-0.2, 0) is 0 Å². The second-order valence-electron chi connectivity index (χ2n) is 10.4. The van der Waals surface area contributed by atoms with Crippen molar-refractivity contribution in [3.63, 3.8) is 0 Å². The molecule has 0 saturated carbocycles. The fourth-order valence-electron chi connectivity index (χ4n) is 6.24. The standard InChI is InChI=1S/C36H20ClN3S/c37-23-15-18-30-28(20-23)34-24-8-2-1-7-21(24)14-17-31(34)40(30)36-38-29-11-5-3-10-27(29)35(39-36)22-13-16-26-25-9-4-6-12-32(25)41-33(26)19-22/h1-20H. The lowest BCUT2D eigenvalue weighted by Crippen LogP contribution is -2.03. The van der Waals surface area contributed by atoms with Gasteiger partial charge in [-0.25, -0.2) is 9.97 Å². The highest BCUT2D eigenvalue weighted by Gasteiger charge is 2.19. The highest BCUT2D eigenvalue weighted by atomic mass is 35.5. The zero-order valence-electron chi connectivity index (χ0n) is 21.7. The molecule has 3 nitrogen and oxygen atoms in total. The van der Waals surface area contributed by atoms with Crippen molar-refractivity contribution in [3.8, 4) is 17.2 Å². The summed E-state index contributed by atoms with van der Waals surface area (Å²) in [5.74, 6) is 0.646. The third-order valence-electron chi connectivity index (χ3n) is 8.06. The highest BCUT2D eigenvalue weighted by Crippen LogP contribution is 2.40. The van der Waals surface area contributed by atoms with Crippen molar-refractivity contribution < 1.29 is 0 Å². The Labute approximate surface area is 243 Å². The molecule has 0 N–H and O–H groups in total. The SMILES string of the molecule is Clc1ccc2c(c1)c1c3ccccc3ccc1n2-c1nc(-c2ccc3c(c2)sc2ccccc23)c2ccccc2n1. The lowest BCUT2D eigenvalue weighted by Gasteiger charge is -2.12. The summed E-state index contributed by atoms with van der Waals surface area (Å²) < 4.78 is 4.73. The number of nitrogens with zero attached hydrogens (tertiary/aromatic N) is 3. The second kappa shape index (κ2) is 8.61. The zero-order valence-corrected chi connectivity index (χ0v) is 23.2. The monoisotopic (exact) mass is 561 g/mol. The van der Waals surface area contributed by atoms with Crippen LogP contribution in [0, 0.1) is 0 Å². The molecule has 192 valence electrons. The number of aromatic nitrogens is 3. The van der Waals surface area contributed by atoms with Crippen LogP contribution in [0.2, 0.25) is 5.02 Å². The van der Waals surface area contributed by atoms with Crippen LogP contribution in [0.5, 0.6) is 0 Å². The number of fused-ring (bicyclic) bond motifs is 9. The summed E-state index contributed by atoms with van der Waals surface area (Å²) in [4.78, 5) is 10.4. The number of para-hydroxylation sites is 1. The molecule has 9 rings (SSSR count). The fraction of sp³-hybridized carbons (Fsp3) is 0. The fourth-order valence-corrected chi connectivity index (χ4v) is 7.55. The molecule has 41 heavy (non-hydrogen) atoms. The summed E-state index contributed by atoms with van der Waals surface area (Å²) in [7, 11) is 0. The van der Waals surface area contributed by atoms with Crippen molar-refractivity contribution in [1.82, 2.24) is 14.5 Å². The molecule has 6 aromatic carbocycles. The molecule has 0 bridgehead atoms. The summed E-state index contributed by atoms with van der Waals surface area (Å²) >= 11 is 8.37. The van der Waals surface area contributed by atoms with E-state index in [1.165, 1.54) is 30.9 Å². The molecule has 0 atom stereocenters. The van der Waals surface area contributed by atoms with Crippen LogP contribution in [0.3, 0.4) is 0 Å². The van der Waals surface area contributed by atoms with Gasteiger partial charge in [-0.2, -0.15) is 0 Å². The summed E-state index contributed by atoms with van der Waals surface area (Å²) in [6, 6.07) is 42.5. The van der Waals surface area contributed by atoms with Gasteiger partial charge in [0.15, 0.2) is 0 Å². The smallest absolute Gasteiger partial charge is 0.235 e. The molecular formula is C36H20ClN3S. The Morgan fingerprint density at radius 1 is 0.561 bits per heavy atom. The van der Waals surface area contributed by atoms with Crippen molar-refractivity contribution >= 4 is 86.6 Å². The predicted octanol–water partition coefficient (Wildman–Crippen LogP) is 10.6. The van der Waals surface area contributed by atoms with E-state index in [4.69, 9.17) is 21.6 Å². The van der Waals surface area contributed by atoms with Crippen molar-refractivity contribution in [2.75, 3.05) is 0 Å². The van der Waals surface area contributed by atoms with Crippen molar-refractivity contribution in [2.24, 2.45) is 0 Å². The second-order valence-corrected chi connectivity index (χ2v) is 11.9. The Kier molecular flexibility index (Phi) is 4.83. The predicted molar refractivity (Wildman–Crippen MR) is 175 cm³/mol. The van der Waals surface area contributed by atoms with Crippen LogP contribution in [0.15, 0.2) is 121 Å². The number of thiophene rings is 1. The number of halogens is 1. The van der Waals surface area contributed by atoms with Crippen LogP contribution in [0.1, 0.15) is 0 Å². The van der Waals surface area contributed by atoms with Gasteiger partial charge in [0, 0.05) is 46.9 Å². The van der Waals surface area contributed by atoms with E-state index in [9.17, 15) is 0 Å². The summed E-state index contributed by atoms with van der Waals surface area (Å²) in [6.07, 6.45) is 0. The Morgan fingerprint density at radius 3 is 2.24 bits per heavy atom. The third-order valence-corrected chi connectivity index (χ3v) is 9.43. The van der Waals surface area contributed by atoms with E-state index in [1.54, 1.807) is 0 Å². The van der Waals surface area contributed by atoms with E-state index >= 15 is 0 Å². The van der Waals surface area contributed by atoms with Gasteiger partial charge in [-0.3, -0.25) is 4.57 Å². The van der Waals surface area contributed by atoms with Crippen LogP contribution >= 0.6 is 22.9 Å². The van der Waals surface area contributed by atoms with Gasteiger partial charge in [-0.05, 0) is 53.2 Å². The third kappa shape index (κ3) is 3.38. The van der Waals surface area contributed by atoms with E-state index in [1.807, 2.05) is 23.5 Å². The number of hydrogen-bond acceptors (Lipinski definition) is 3. The molecule has 0 amide bonds. The van der Waals surface area contributed by atoms with Crippen LogP contribution in [-0.4, -0.2) is 14.5 Å². The molecule has 0 aliphatic carbocycles. The maximum Gasteiger partial charge on any atom is 0.235 e. The van der Waals surface area contributed by atoms with E-state index in [-0.39, 0.29) is 0 Å². The van der Waals surface area contributed by atoms with Crippen LogP contribution < -0.4 is 0 Å². The van der Waals surface area contributed by atoms with E-state index in [0.29, 0.717) is 11.0 Å². The van der Waals surface area contributed by atoms with E-state index < -0.39 is 0 Å². The highest BCUT2D eigenvalue weighted by molar-refractivity contribution is 7.25. The first-order valence-corrected chi connectivity index (χ1v) is 14.7. The number of rotatable bonds is 2. The average Bonchev–Trinajstić information content (AvgIpc) is 3.55. The maximum atomic E-state index is 6.55. The van der Waals surface area contributed by atoms with E-state index in [2.05, 4.69) is 114 Å². The lowest BCUT2D eigenvalue weighted by atomic mass is 10.0. The molecule has 0 saturated heterocycles. The Hall–Kier alpha value is -4.77. The molecule has 3 aromatic heterocycles. The van der Waals surface area contributed by atoms with Crippen molar-refractivity contribution in [2.45, 2.75) is 0 Å².